The number of hydrogen-bond acceptors (Lipinski definition) is 5. The molecule has 1 aromatic heterocycles. The van der Waals surface area contributed by atoms with Gasteiger partial charge in [0.25, 0.3) is 17.5 Å². The van der Waals surface area contributed by atoms with Crippen LogP contribution in [0.1, 0.15) is 20.7 Å². The molecule has 0 saturated carbocycles. The van der Waals surface area contributed by atoms with Gasteiger partial charge in [0.2, 0.25) is 0 Å². The van der Waals surface area contributed by atoms with E-state index in [0.29, 0.717) is 0 Å². The van der Waals surface area contributed by atoms with Crippen LogP contribution < -0.4 is 10.6 Å². The molecule has 2 N–H and O–H groups in total. The summed E-state index contributed by atoms with van der Waals surface area (Å²) >= 11 is 6.02. The summed E-state index contributed by atoms with van der Waals surface area (Å²) in [5.74, 6) is -1.80. The van der Waals surface area contributed by atoms with Gasteiger partial charge >= 0.3 is 0 Å². The molecule has 4 aromatic rings. The number of amides is 2. The minimum atomic E-state index is -0.657. The van der Waals surface area contributed by atoms with Crippen LogP contribution in [0.3, 0.4) is 0 Å². The number of imidazole rings is 1. The van der Waals surface area contributed by atoms with E-state index >= 15 is 0 Å². The highest BCUT2D eigenvalue weighted by atomic mass is 35.5. The Labute approximate surface area is 197 Å². The SMILES string of the molecule is O=C(Nc1ccccc1C(=O)Nc1ccc(-n2ccnc2)c(F)c1)c1ccc([N+](=O)[O-])cc1Cl. The number of nitrogens with zero attached hydrogens (tertiary/aromatic N) is 3. The topological polar surface area (TPSA) is 119 Å². The van der Waals surface area contributed by atoms with Gasteiger partial charge in [0.15, 0.2) is 0 Å². The maximum atomic E-state index is 14.5. The first-order chi connectivity index (χ1) is 16.3. The van der Waals surface area contributed by atoms with Crippen LogP contribution >= 0.6 is 11.6 Å². The van der Waals surface area contributed by atoms with E-state index in [0.717, 1.165) is 12.1 Å². The maximum absolute atomic E-state index is 14.5. The third-order valence-corrected chi connectivity index (χ3v) is 5.13. The highest BCUT2D eigenvalue weighted by molar-refractivity contribution is 6.34. The summed E-state index contributed by atoms with van der Waals surface area (Å²) in [4.78, 5) is 39.7. The molecule has 0 aliphatic heterocycles. The molecule has 0 aliphatic rings. The summed E-state index contributed by atoms with van der Waals surface area (Å²) in [5, 5.41) is 15.9. The Kier molecular flexibility index (Phi) is 6.33. The summed E-state index contributed by atoms with van der Waals surface area (Å²) < 4.78 is 16.0. The fraction of sp³-hybridized carbons (Fsp3) is 0. The molecular formula is C23H15ClFN5O4. The number of hydrogen-bond donors (Lipinski definition) is 2. The number of aromatic nitrogens is 2. The summed E-state index contributed by atoms with van der Waals surface area (Å²) in [6.07, 6.45) is 4.56. The van der Waals surface area contributed by atoms with Gasteiger partial charge in [-0.05, 0) is 36.4 Å². The van der Waals surface area contributed by atoms with E-state index < -0.39 is 22.6 Å². The van der Waals surface area contributed by atoms with Gasteiger partial charge in [0, 0.05) is 30.2 Å². The fourth-order valence-corrected chi connectivity index (χ4v) is 3.44. The Morgan fingerprint density at radius 1 is 1.00 bits per heavy atom. The summed E-state index contributed by atoms with van der Waals surface area (Å²) in [6, 6.07) is 13.9. The molecule has 4 rings (SSSR count). The normalized spacial score (nSPS) is 10.5. The molecule has 0 radical (unpaired) electrons. The minimum Gasteiger partial charge on any atom is -0.322 e. The van der Waals surface area contributed by atoms with Gasteiger partial charge in [0.05, 0.1) is 38.8 Å². The number of nitrogens with one attached hydrogen (secondary N) is 2. The first-order valence-electron chi connectivity index (χ1n) is 9.77. The van der Waals surface area contributed by atoms with E-state index in [2.05, 4.69) is 15.6 Å². The van der Waals surface area contributed by atoms with Crippen molar-refractivity contribution in [3.05, 3.63) is 111 Å². The number of nitro groups is 1. The third-order valence-electron chi connectivity index (χ3n) is 4.82. The van der Waals surface area contributed by atoms with Crippen LogP contribution in [0.15, 0.2) is 79.4 Å². The largest absolute Gasteiger partial charge is 0.322 e. The summed E-state index contributed by atoms with van der Waals surface area (Å²) in [7, 11) is 0. The molecule has 0 spiro atoms. The van der Waals surface area contributed by atoms with Gasteiger partial charge in [-0.2, -0.15) is 0 Å². The van der Waals surface area contributed by atoms with Crippen LogP contribution in [-0.2, 0) is 0 Å². The zero-order valence-corrected chi connectivity index (χ0v) is 18.0. The zero-order chi connectivity index (χ0) is 24.2. The fourth-order valence-electron chi connectivity index (χ4n) is 3.18. The molecule has 0 bridgehead atoms. The van der Waals surface area contributed by atoms with E-state index in [-0.39, 0.29) is 38.9 Å². The van der Waals surface area contributed by atoms with Crippen molar-refractivity contribution in [3.8, 4) is 5.69 Å². The lowest BCUT2D eigenvalue weighted by Crippen LogP contribution is -2.18. The molecule has 0 atom stereocenters. The Bertz CT molecular complexity index is 1410. The molecule has 2 amide bonds. The second-order valence-electron chi connectivity index (χ2n) is 7.01. The van der Waals surface area contributed by atoms with Crippen LogP contribution in [0.2, 0.25) is 5.02 Å². The van der Waals surface area contributed by atoms with Crippen molar-refractivity contribution in [1.29, 1.82) is 0 Å². The Balaban J connectivity index is 1.53. The predicted molar refractivity (Wildman–Crippen MR) is 124 cm³/mol. The van der Waals surface area contributed by atoms with Crippen molar-refractivity contribution < 1.29 is 18.9 Å². The molecule has 0 aliphatic carbocycles. The van der Waals surface area contributed by atoms with Crippen LogP contribution in [0.5, 0.6) is 0 Å². The van der Waals surface area contributed by atoms with Crippen LogP contribution in [0, 0.1) is 15.9 Å². The van der Waals surface area contributed by atoms with E-state index in [4.69, 9.17) is 11.6 Å². The van der Waals surface area contributed by atoms with Crippen molar-refractivity contribution in [1.82, 2.24) is 9.55 Å². The average molecular weight is 480 g/mol. The van der Waals surface area contributed by atoms with Crippen molar-refractivity contribution in [2.24, 2.45) is 0 Å². The van der Waals surface area contributed by atoms with E-state index in [1.165, 1.54) is 53.5 Å². The van der Waals surface area contributed by atoms with Gasteiger partial charge in [-0.15, -0.1) is 0 Å². The lowest BCUT2D eigenvalue weighted by molar-refractivity contribution is -0.384. The standard InChI is InChI=1S/C23H15ClFN5O4/c24-18-12-15(30(33)34)6-7-16(18)22(31)28-20-4-2-1-3-17(20)23(32)27-14-5-8-21(19(25)11-14)29-10-9-26-13-29/h1-13H,(H,27,32)(H,28,31). The second kappa shape index (κ2) is 9.51. The number of carbonyl (C=O) groups excluding carboxylic acids is 2. The monoisotopic (exact) mass is 479 g/mol. The van der Waals surface area contributed by atoms with Crippen molar-refractivity contribution in [2.45, 2.75) is 0 Å². The van der Waals surface area contributed by atoms with E-state index in [1.807, 2.05) is 0 Å². The number of para-hydroxylation sites is 1. The zero-order valence-electron chi connectivity index (χ0n) is 17.2. The number of non-ortho nitro benzene ring substituents is 1. The molecule has 170 valence electrons. The Morgan fingerprint density at radius 2 is 1.76 bits per heavy atom. The molecule has 0 saturated heterocycles. The minimum absolute atomic E-state index is 0.000334. The molecule has 11 heteroatoms. The summed E-state index contributed by atoms with van der Waals surface area (Å²) in [5.41, 5.74) is 0.518. The number of nitro benzene ring substituents is 1. The molecule has 3 aromatic carbocycles. The molecule has 34 heavy (non-hydrogen) atoms. The smallest absolute Gasteiger partial charge is 0.270 e. The first-order valence-corrected chi connectivity index (χ1v) is 10.1. The lowest BCUT2D eigenvalue weighted by Gasteiger charge is -2.13. The second-order valence-corrected chi connectivity index (χ2v) is 7.42. The molecular weight excluding hydrogens is 465 g/mol. The predicted octanol–water partition coefficient (Wildman–Crippen LogP) is 5.08. The molecule has 1 heterocycles. The molecule has 0 fully saturated rings. The van der Waals surface area contributed by atoms with Gasteiger partial charge in [0.1, 0.15) is 5.82 Å². The van der Waals surface area contributed by atoms with Crippen LogP contribution in [0.25, 0.3) is 5.69 Å². The quantitative estimate of drug-likeness (QED) is 0.295. The summed E-state index contributed by atoms with van der Waals surface area (Å²) in [6.45, 7) is 0. The number of carbonyl (C=O) groups is 2. The van der Waals surface area contributed by atoms with Crippen LogP contribution in [0.4, 0.5) is 21.5 Å². The van der Waals surface area contributed by atoms with Gasteiger partial charge in [-0.25, -0.2) is 9.37 Å². The molecule has 9 nitrogen and oxygen atoms in total. The number of benzene rings is 3. The van der Waals surface area contributed by atoms with Crippen LogP contribution in [-0.4, -0.2) is 26.3 Å². The van der Waals surface area contributed by atoms with E-state index in [9.17, 15) is 24.1 Å². The van der Waals surface area contributed by atoms with Crippen molar-refractivity contribution in [3.63, 3.8) is 0 Å². The number of halogens is 2. The van der Waals surface area contributed by atoms with Crippen molar-refractivity contribution >= 4 is 40.5 Å². The van der Waals surface area contributed by atoms with Crippen molar-refractivity contribution in [2.75, 3.05) is 10.6 Å². The molecule has 0 unspecified atom stereocenters. The van der Waals surface area contributed by atoms with E-state index in [1.54, 1.807) is 18.3 Å². The highest BCUT2D eigenvalue weighted by Crippen LogP contribution is 2.25. The highest BCUT2D eigenvalue weighted by Gasteiger charge is 2.18. The Hall–Kier alpha value is -4.57. The Morgan fingerprint density at radius 3 is 2.44 bits per heavy atom. The first kappa shape index (κ1) is 22.6. The van der Waals surface area contributed by atoms with Gasteiger partial charge in [-0.3, -0.25) is 19.7 Å². The average Bonchev–Trinajstić information content (AvgIpc) is 3.34. The number of rotatable bonds is 6. The lowest BCUT2D eigenvalue weighted by atomic mass is 10.1. The van der Waals surface area contributed by atoms with Gasteiger partial charge in [-0.1, -0.05) is 23.7 Å². The third kappa shape index (κ3) is 4.76. The van der Waals surface area contributed by atoms with Gasteiger partial charge < -0.3 is 15.2 Å². The maximum Gasteiger partial charge on any atom is 0.270 e. The number of anilines is 2.